The lowest BCUT2D eigenvalue weighted by atomic mass is 10.1. The van der Waals surface area contributed by atoms with Crippen molar-refractivity contribution in [2.45, 2.75) is 6.42 Å². The monoisotopic (exact) mass is 414 g/mol. The second-order valence-electron chi connectivity index (χ2n) is 5.77. The molecule has 0 spiro atoms. The number of aryl methyl sites for hydroxylation is 1. The molecule has 1 heterocycles. The van der Waals surface area contributed by atoms with Crippen LogP contribution in [0.1, 0.15) is 5.56 Å². The van der Waals surface area contributed by atoms with Crippen molar-refractivity contribution in [1.29, 1.82) is 5.26 Å². The summed E-state index contributed by atoms with van der Waals surface area (Å²) in [4.78, 5) is 12.5. The number of nitrogens with one attached hydrogen (secondary N) is 1. The third-order valence-corrected chi connectivity index (χ3v) is 4.46. The third kappa shape index (κ3) is 5.52. The predicted molar refractivity (Wildman–Crippen MR) is 107 cm³/mol. The van der Waals surface area contributed by atoms with Crippen LogP contribution in [0.3, 0.4) is 0 Å². The Hall–Kier alpha value is -3.45. The number of aromatic nitrogens is 3. The summed E-state index contributed by atoms with van der Waals surface area (Å²) in [6, 6.07) is 8.55. The highest BCUT2D eigenvalue weighted by atomic mass is 32.1. The zero-order chi connectivity index (χ0) is 20.6. The van der Waals surface area contributed by atoms with Crippen LogP contribution in [0, 0.1) is 23.1 Å². The van der Waals surface area contributed by atoms with Gasteiger partial charge < -0.3 is 10.1 Å². The molecular formula is C19H16F2N6OS. The maximum atomic E-state index is 14.0. The number of halogens is 2. The molecule has 1 aromatic heterocycles. The fourth-order valence-electron chi connectivity index (χ4n) is 2.59. The van der Waals surface area contributed by atoms with Gasteiger partial charge in [0.15, 0.2) is 5.82 Å². The smallest absolute Gasteiger partial charge is 0.230 e. The Morgan fingerprint density at radius 1 is 1.17 bits per heavy atom. The van der Waals surface area contributed by atoms with Crippen LogP contribution < -0.4 is 10.1 Å². The second-order valence-corrected chi connectivity index (χ2v) is 6.70. The van der Waals surface area contributed by atoms with Gasteiger partial charge in [-0.25, -0.2) is 18.7 Å². The van der Waals surface area contributed by atoms with Crippen LogP contribution in [0.25, 0.3) is 11.4 Å². The quantitative estimate of drug-likeness (QED) is 0.453. The van der Waals surface area contributed by atoms with E-state index in [9.17, 15) is 8.78 Å². The fourth-order valence-corrected chi connectivity index (χ4v) is 3.11. The summed E-state index contributed by atoms with van der Waals surface area (Å²) in [6.45, 7) is 0. The number of methoxy groups -OCH3 is 1. The average Bonchev–Trinajstić information content (AvgIpc) is 2.71. The van der Waals surface area contributed by atoms with Crippen molar-refractivity contribution in [1.82, 2.24) is 15.0 Å². The molecule has 3 rings (SSSR count). The highest BCUT2D eigenvalue weighted by molar-refractivity contribution is 7.68. The van der Waals surface area contributed by atoms with Crippen LogP contribution in [0.5, 0.6) is 5.75 Å². The standard InChI is InChI=1S/C19H16F2N6OS/c1-28-17-9-13(20)2-3-16(17)18-23-11-24-19(27-18)26-15-7-12(6-14(21)8-15)4-5-29-25-10-22/h2-3,6-9,11,29H,4-5H2,1H3,(H,23,24,26,27). The molecule has 0 bridgehead atoms. The second kappa shape index (κ2) is 9.66. The topological polar surface area (TPSA) is 96.1 Å². The first-order valence-corrected chi connectivity index (χ1v) is 9.47. The molecule has 3 aromatic rings. The lowest BCUT2D eigenvalue weighted by Gasteiger charge is -2.10. The number of nitrogens with zero attached hydrogens (tertiary/aromatic N) is 5. The number of hydrogen-bond donors (Lipinski definition) is 2. The number of benzene rings is 2. The minimum Gasteiger partial charge on any atom is -0.496 e. The Morgan fingerprint density at radius 2 is 2.03 bits per heavy atom. The van der Waals surface area contributed by atoms with Crippen LogP contribution in [0.4, 0.5) is 20.4 Å². The zero-order valence-corrected chi connectivity index (χ0v) is 16.2. The predicted octanol–water partition coefficient (Wildman–Crippen LogP) is 3.59. The molecule has 0 unspecified atom stereocenters. The Bertz CT molecular complexity index is 1090. The fraction of sp³-hybridized carbons (Fsp3) is 0.158. The van der Waals surface area contributed by atoms with E-state index < -0.39 is 11.6 Å². The number of anilines is 2. The number of ether oxygens (including phenoxy) is 1. The summed E-state index contributed by atoms with van der Waals surface area (Å²) in [7, 11) is 1.43. The van der Waals surface area contributed by atoms with Crippen molar-refractivity contribution in [3.05, 3.63) is 59.9 Å². The van der Waals surface area contributed by atoms with Crippen molar-refractivity contribution < 1.29 is 13.5 Å². The van der Waals surface area contributed by atoms with Gasteiger partial charge in [-0.3, -0.25) is 0 Å². The maximum absolute atomic E-state index is 14.0. The largest absolute Gasteiger partial charge is 0.496 e. The van der Waals surface area contributed by atoms with Crippen LogP contribution in [0.15, 0.2) is 47.1 Å². The molecule has 148 valence electrons. The zero-order valence-electron chi connectivity index (χ0n) is 15.3. The first-order chi connectivity index (χ1) is 14.1. The van der Waals surface area contributed by atoms with E-state index in [1.54, 1.807) is 12.3 Å². The molecular weight excluding hydrogens is 398 g/mol. The van der Waals surface area contributed by atoms with Gasteiger partial charge in [0.25, 0.3) is 0 Å². The van der Waals surface area contributed by atoms with Gasteiger partial charge in [-0.05, 0) is 42.3 Å². The summed E-state index contributed by atoms with van der Waals surface area (Å²) in [5.41, 5.74) is 1.72. The van der Waals surface area contributed by atoms with Gasteiger partial charge in [-0.1, -0.05) is 11.6 Å². The Morgan fingerprint density at radius 3 is 2.83 bits per heavy atom. The van der Waals surface area contributed by atoms with E-state index in [-0.39, 0.29) is 17.5 Å². The Balaban J connectivity index is 1.83. The third-order valence-electron chi connectivity index (χ3n) is 3.81. The Kier molecular flexibility index (Phi) is 6.76. The summed E-state index contributed by atoms with van der Waals surface area (Å²) < 4.78 is 36.1. The van der Waals surface area contributed by atoms with E-state index >= 15 is 0 Å². The van der Waals surface area contributed by atoms with Gasteiger partial charge in [0.05, 0.1) is 12.7 Å². The Labute approximate surface area is 169 Å². The summed E-state index contributed by atoms with van der Waals surface area (Å²) in [6.07, 6.45) is 3.58. The first kappa shape index (κ1) is 20.3. The molecule has 0 fully saturated rings. The summed E-state index contributed by atoms with van der Waals surface area (Å²) >= 11 is 0.636. The van der Waals surface area contributed by atoms with Crippen molar-refractivity contribution in [3.8, 4) is 23.3 Å². The SMILES string of the molecule is COc1cc(F)ccc1-c1ncnc(Nc2cc(F)cc(CC/[SH]=N/C#N)c2)n1. The number of nitriles is 1. The summed E-state index contributed by atoms with van der Waals surface area (Å²) in [5, 5.41) is 11.4. The van der Waals surface area contributed by atoms with E-state index in [0.29, 0.717) is 35.0 Å². The van der Waals surface area contributed by atoms with Crippen LogP contribution >= 0.6 is 0 Å². The number of thiol groups is 1. The van der Waals surface area contributed by atoms with Gasteiger partial charge in [0, 0.05) is 17.5 Å². The van der Waals surface area contributed by atoms with Gasteiger partial charge in [-0.15, -0.1) is 0 Å². The van der Waals surface area contributed by atoms with Gasteiger partial charge in [-0.2, -0.15) is 14.6 Å². The molecule has 10 heteroatoms. The van der Waals surface area contributed by atoms with E-state index in [1.807, 2.05) is 0 Å². The van der Waals surface area contributed by atoms with E-state index in [0.717, 1.165) is 5.56 Å². The minimum atomic E-state index is -0.438. The molecule has 0 saturated carbocycles. The number of rotatable bonds is 7. The van der Waals surface area contributed by atoms with E-state index in [2.05, 4.69) is 24.6 Å². The molecule has 0 aliphatic heterocycles. The molecule has 0 saturated heterocycles. The highest BCUT2D eigenvalue weighted by Gasteiger charge is 2.12. The molecule has 0 amide bonds. The molecule has 7 nitrogen and oxygen atoms in total. The van der Waals surface area contributed by atoms with Gasteiger partial charge in [0.1, 0.15) is 23.7 Å². The molecule has 29 heavy (non-hydrogen) atoms. The lowest BCUT2D eigenvalue weighted by Crippen LogP contribution is -2.02. The van der Waals surface area contributed by atoms with Crippen LogP contribution in [-0.4, -0.2) is 27.8 Å². The van der Waals surface area contributed by atoms with Crippen LogP contribution in [0.2, 0.25) is 0 Å². The molecule has 2 aromatic carbocycles. The van der Waals surface area contributed by atoms with Crippen LogP contribution in [-0.2, 0) is 18.0 Å². The lowest BCUT2D eigenvalue weighted by molar-refractivity contribution is 0.412. The van der Waals surface area contributed by atoms with Crippen molar-refractivity contribution in [3.63, 3.8) is 0 Å². The van der Waals surface area contributed by atoms with Crippen molar-refractivity contribution in [2.75, 3.05) is 18.2 Å². The van der Waals surface area contributed by atoms with Gasteiger partial charge in [0.2, 0.25) is 12.1 Å². The molecule has 0 aliphatic rings. The molecule has 0 radical (unpaired) electrons. The molecule has 0 aliphatic carbocycles. The highest BCUT2D eigenvalue weighted by Crippen LogP contribution is 2.28. The maximum Gasteiger partial charge on any atom is 0.230 e. The van der Waals surface area contributed by atoms with Crippen molar-refractivity contribution in [2.24, 2.45) is 4.36 Å². The van der Waals surface area contributed by atoms with E-state index in [1.165, 1.54) is 43.8 Å². The van der Waals surface area contributed by atoms with Gasteiger partial charge >= 0.3 is 0 Å². The average molecular weight is 414 g/mol. The minimum absolute atomic E-state index is 0.204. The molecule has 1 N–H and O–H groups in total. The molecule has 0 atom stereocenters. The van der Waals surface area contributed by atoms with Crippen molar-refractivity contribution >= 4 is 23.2 Å². The first-order valence-electron chi connectivity index (χ1n) is 8.44. The normalized spacial score (nSPS) is 11.0. The number of hydrogen-bond acceptors (Lipinski definition) is 7. The summed E-state index contributed by atoms with van der Waals surface area (Å²) in [5.74, 6) is 0.540. The van der Waals surface area contributed by atoms with E-state index in [4.69, 9.17) is 10.00 Å².